The Balaban J connectivity index is 0.000000745. The smallest absolute Gasteiger partial charge is 0.290 e. The number of nitrogens with two attached hydrogens (primary N) is 1. The van der Waals surface area contributed by atoms with Crippen LogP contribution in [-0.2, 0) is 20.9 Å². The fourth-order valence-electron chi connectivity index (χ4n) is 2.00. The van der Waals surface area contributed by atoms with Gasteiger partial charge >= 0.3 is 0 Å². The molecule has 1 aromatic carbocycles. The number of primary amides is 1. The van der Waals surface area contributed by atoms with Gasteiger partial charge in [-0.2, -0.15) is 0 Å². The van der Waals surface area contributed by atoms with Crippen LogP contribution in [0.25, 0.3) is 0 Å². The Bertz CT molecular complexity index is 475. The minimum atomic E-state index is -0.612. The molecule has 2 rings (SSSR count). The molecule has 1 amide bonds. The maximum Gasteiger partial charge on any atom is 0.290 e. The maximum absolute atomic E-state index is 11.0. The highest BCUT2D eigenvalue weighted by Crippen LogP contribution is 2.16. The van der Waals surface area contributed by atoms with Gasteiger partial charge in [-0.05, 0) is 24.6 Å². The molecule has 22 heavy (non-hydrogen) atoms. The number of hydrogen-bond donors (Lipinski definition) is 2. The van der Waals surface area contributed by atoms with Crippen LogP contribution in [0.15, 0.2) is 24.3 Å². The molecular weight excluding hydrogens is 288 g/mol. The van der Waals surface area contributed by atoms with Gasteiger partial charge in [0, 0.05) is 19.6 Å². The van der Waals surface area contributed by atoms with Crippen molar-refractivity contribution in [2.45, 2.75) is 19.6 Å². The normalized spacial score (nSPS) is 16.0. The number of carbonyl (C=O) groups excluding carboxylic acids is 1. The van der Waals surface area contributed by atoms with E-state index in [1.807, 2.05) is 18.2 Å². The predicted octanol–water partition coefficient (Wildman–Crippen LogP) is 0.472. The molecule has 3 N–H and O–H groups in total. The summed E-state index contributed by atoms with van der Waals surface area (Å²) in [5, 5.41) is 6.89. The molecule has 7 heteroatoms. The molecule has 1 atom stereocenters. The summed E-state index contributed by atoms with van der Waals surface area (Å²) in [6, 6.07) is 7.77. The first kappa shape index (κ1) is 17.9. The second-order valence-electron chi connectivity index (χ2n) is 4.80. The molecule has 1 aliphatic heterocycles. The van der Waals surface area contributed by atoms with Crippen LogP contribution in [0.3, 0.4) is 0 Å². The predicted molar refractivity (Wildman–Crippen MR) is 80.5 cm³/mol. The van der Waals surface area contributed by atoms with Crippen LogP contribution in [0.4, 0.5) is 0 Å². The minimum Gasteiger partial charge on any atom is -0.483 e. The summed E-state index contributed by atoms with van der Waals surface area (Å²) in [7, 11) is 0. The molecule has 1 heterocycles. The first-order chi connectivity index (χ1) is 10.6. The maximum atomic E-state index is 11.0. The molecular formula is C15H22N2O5. The number of hydrogen-bond acceptors (Lipinski definition) is 5. The third-order valence-electron chi connectivity index (χ3n) is 3.12. The number of morpholine rings is 1. The lowest BCUT2D eigenvalue weighted by molar-refractivity contribution is -0.124. The van der Waals surface area contributed by atoms with Crippen molar-refractivity contribution in [1.82, 2.24) is 4.90 Å². The van der Waals surface area contributed by atoms with Gasteiger partial charge in [-0.3, -0.25) is 14.5 Å². The zero-order chi connectivity index (χ0) is 16.4. The highest BCUT2D eigenvalue weighted by Gasteiger charge is 2.13. The van der Waals surface area contributed by atoms with Crippen LogP contribution in [0.1, 0.15) is 12.5 Å². The molecule has 0 aromatic heterocycles. The largest absolute Gasteiger partial charge is 0.483 e. The zero-order valence-corrected chi connectivity index (χ0v) is 12.6. The van der Waals surface area contributed by atoms with Crippen LogP contribution < -0.4 is 10.5 Å². The van der Waals surface area contributed by atoms with Gasteiger partial charge in [0.05, 0.1) is 13.2 Å². The average molecular weight is 310 g/mol. The number of rotatable bonds is 5. The highest BCUT2D eigenvalue weighted by molar-refractivity contribution is 5.78. The molecule has 1 saturated heterocycles. The van der Waals surface area contributed by atoms with Gasteiger partial charge in [0.25, 0.3) is 12.4 Å². The number of carbonyl (C=O) groups is 2. The lowest BCUT2D eigenvalue weighted by atomic mass is 10.2. The van der Waals surface area contributed by atoms with Gasteiger partial charge in [0.2, 0.25) is 0 Å². The highest BCUT2D eigenvalue weighted by atomic mass is 16.5. The molecule has 0 saturated carbocycles. The summed E-state index contributed by atoms with van der Waals surface area (Å²) >= 11 is 0. The number of carboxylic acid groups (broad SMARTS) is 1. The Hall–Kier alpha value is -2.12. The van der Waals surface area contributed by atoms with E-state index < -0.39 is 12.0 Å². The summed E-state index contributed by atoms with van der Waals surface area (Å²) in [6.07, 6.45) is -0.612. The Kier molecular flexibility index (Phi) is 7.95. The number of ether oxygens (including phenoxy) is 2. The minimum absolute atomic E-state index is 0.250. The standard InChI is InChI=1S/C14H20N2O3.CH2O2/c1-11(14(15)17)19-13-4-2-3-12(9-13)10-16-5-7-18-8-6-16;2-1-3/h2-4,9,11H,5-8,10H2,1H3,(H2,15,17);1H,(H,2,3). The van der Waals surface area contributed by atoms with Gasteiger partial charge in [-0.25, -0.2) is 0 Å². The van der Waals surface area contributed by atoms with Crippen LogP contribution >= 0.6 is 0 Å². The van der Waals surface area contributed by atoms with Crippen molar-refractivity contribution in [2.24, 2.45) is 5.73 Å². The lowest BCUT2D eigenvalue weighted by Crippen LogP contribution is -2.35. The van der Waals surface area contributed by atoms with Gasteiger partial charge in [-0.1, -0.05) is 12.1 Å². The Morgan fingerprint density at radius 1 is 1.50 bits per heavy atom. The van der Waals surface area contributed by atoms with E-state index >= 15 is 0 Å². The second-order valence-corrected chi connectivity index (χ2v) is 4.80. The molecule has 0 spiro atoms. The molecule has 1 aliphatic rings. The zero-order valence-electron chi connectivity index (χ0n) is 12.6. The lowest BCUT2D eigenvalue weighted by Gasteiger charge is -2.26. The number of nitrogens with zero attached hydrogens (tertiary/aromatic N) is 1. The Morgan fingerprint density at radius 3 is 2.73 bits per heavy atom. The van der Waals surface area contributed by atoms with E-state index in [0.717, 1.165) is 38.4 Å². The monoisotopic (exact) mass is 310 g/mol. The van der Waals surface area contributed by atoms with E-state index in [9.17, 15) is 4.79 Å². The van der Waals surface area contributed by atoms with E-state index in [4.69, 9.17) is 25.1 Å². The molecule has 7 nitrogen and oxygen atoms in total. The summed E-state index contributed by atoms with van der Waals surface area (Å²) in [5.41, 5.74) is 6.35. The molecule has 1 unspecified atom stereocenters. The van der Waals surface area contributed by atoms with Crippen LogP contribution in [0.2, 0.25) is 0 Å². The second kappa shape index (κ2) is 9.75. The fraction of sp³-hybridized carbons (Fsp3) is 0.467. The van der Waals surface area contributed by atoms with Crippen LogP contribution in [0.5, 0.6) is 5.75 Å². The van der Waals surface area contributed by atoms with Gasteiger partial charge in [0.1, 0.15) is 5.75 Å². The van der Waals surface area contributed by atoms with Gasteiger partial charge in [0.15, 0.2) is 6.10 Å². The van der Waals surface area contributed by atoms with Crippen molar-refractivity contribution >= 4 is 12.4 Å². The van der Waals surface area contributed by atoms with E-state index in [-0.39, 0.29) is 6.47 Å². The van der Waals surface area contributed by atoms with Crippen molar-refractivity contribution in [1.29, 1.82) is 0 Å². The first-order valence-electron chi connectivity index (χ1n) is 6.99. The molecule has 1 fully saturated rings. The third-order valence-corrected chi connectivity index (χ3v) is 3.12. The molecule has 0 bridgehead atoms. The van der Waals surface area contributed by atoms with Crippen molar-refractivity contribution in [3.63, 3.8) is 0 Å². The van der Waals surface area contributed by atoms with E-state index in [0.29, 0.717) is 5.75 Å². The first-order valence-corrected chi connectivity index (χ1v) is 6.99. The summed E-state index contributed by atoms with van der Waals surface area (Å²) in [4.78, 5) is 21.7. The van der Waals surface area contributed by atoms with E-state index in [2.05, 4.69) is 11.0 Å². The molecule has 0 aliphatic carbocycles. The van der Waals surface area contributed by atoms with Crippen LogP contribution in [-0.4, -0.2) is 54.8 Å². The number of amides is 1. The Morgan fingerprint density at radius 2 is 2.14 bits per heavy atom. The molecule has 122 valence electrons. The summed E-state index contributed by atoms with van der Waals surface area (Å²) in [6.45, 7) is 5.73. The van der Waals surface area contributed by atoms with Crippen molar-refractivity contribution in [2.75, 3.05) is 26.3 Å². The summed E-state index contributed by atoms with van der Waals surface area (Å²) in [5.74, 6) is 0.218. The van der Waals surface area contributed by atoms with Gasteiger partial charge < -0.3 is 20.3 Å². The van der Waals surface area contributed by atoms with Crippen molar-refractivity contribution in [3.8, 4) is 5.75 Å². The van der Waals surface area contributed by atoms with E-state index in [1.54, 1.807) is 6.92 Å². The summed E-state index contributed by atoms with van der Waals surface area (Å²) < 4.78 is 10.8. The SMILES string of the molecule is CC(Oc1cccc(CN2CCOCC2)c1)C(N)=O.O=CO. The quantitative estimate of drug-likeness (QED) is 0.767. The molecule has 0 radical (unpaired) electrons. The van der Waals surface area contributed by atoms with Crippen molar-refractivity contribution < 1.29 is 24.2 Å². The third kappa shape index (κ3) is 6.55. The average Bonchev–Trinajstić information content (AvgIpc) is 2.49. The topological polar surface area (TPSA) is 102 Å². The fourth-order valence-corrected chi connectivity index (χ4v) is 2.00. The Labute approximate surface area is 129 Å². The van der Waals surface area contributed by atoms with E-state index in [1.165, 1.54) is 0 Å². The van der Waals surface area contributed by atoms with Gasteiger partial charge in [-0.15, -0.1) is 0 Å². The number of benzene rings is 1. The van der Waals surface area contributed by atoms with Crippen molar-refractivity contribution in [3.05, 3.63) is 29.8 Å². The molecule has 1 aromatic rings. The van der Waals surface area contributed by atoms with Crippen LogP contribution in [0, 0.1) is 0 Å².